The summed E-state index contributed by atoms with van der Waals surface area (Å²) in [6, 6.07) is 10.1. The van der Waals surface area contributed by atoms with Crippen molar-refractivity contribution < 1.29 is 9.84 Å². The molecule has 2 aromatic carbocycles. The monoisotopic (exact) mass is 498 g/mol. The quantitative estimate of drug-likeness (QED) is 0.240. The number of nitrogens with zero attached hydrogens (tertiary/aromatic N) is 5. The predicted octanol–water partition coefficient (Wildman–Crippen LogP) is 5.62. The number of aliphatic hydroxyl groups excluding tert-OH is 1. The minimum absolute atomic E-state index is 0.0483. The Morgan fingerprint density at radius 3 is 2.86 bits per heavy atom. The van der Waals surface area contributed by atoms with E-state index in [1.165, 1.54) is 0 Å². The average Bonchev–Trinajstić information content (AvgIpc) is 3.50. The maximum absolute atomic E-state index is 10.3. The van der Waals surface area contributed by atoms with Gasteiger partial charge in [-0.2, -0.15) is 5.10 Å². The molecule has 2 atom stereocenters. The van der Waals surface area contributed by atoms with E-state index in [0.717, 1.165) is 62.8 Å². The zero-order chi connectivity index (χ0) is 24.6. The Labute approximate surface area is 212 Å². The lowest BCUT2D eigenvalue weighted by Crippen LogP contribution is -2.16. The maximum atomic E-state index is 10.3. The number of fused-ring (bicyclic) bond motifs is 2. The van der Waals surface area contributed by atoms with E-state index in [4.69, 9.17) is 4.74 Å². The first-order valence-corrected chi connectivity index (χ1v) is 12.8. The summed E-state index contributed by atoms with van der Waals surface area (Å²) in [5.41, 5.74) is 7.35. The van der Waals surface area contributed by atoms with Gasteiger partial charge in [-0.15, -0.1) is 11.3 Å². The van der Waals surface area contributed by atoms with Crippen molar-refractivity contribution in [2.45, 2.75) is 37.9 Å². The van der Waals surface area contributed by atoms with Crippen LogP contribution in [0, 0.1) is 0 Å². The van der Waals surface area contributed by atoms with Gasteiger partial charge in [-0.05, 0) is 67.2 Å². The lowest BCUT2D eigenvalue weighted by Gasteiger charge is -2.20. The van der Waals surface area contributed by atoms with Crippen molar-refractivity contribution in [1.82, 2.24) is 24.7 Å². The molecular formula is C27H26N6O2S. The Morgan fingerprint density at radius 2 is 2.00 bits per heavy atom. The van der Waals surface area contributed by atoms with Gasteiger partial charge in [0.2, 0.25) is 0 Å². The number of anilines is 2. The summed E-state index contributed by atoms with van der Waals surface area (Å²) in [4.78, 5) is 13.6. The summed E-state index contributed by atoms with van der Waals surface area (Å²) in [6.45, 7) is 4.03. The number of nitrogens with one attached hydrogen (secondary N) is 1. The van der Waals surface area contributed by atoms with Crippen LogP contribution < -0.4 is 10.1 Å². The minimum Gasteiger partial charge on any atom is -0.490 e. The molecule has 3 aromatic heterocycles. The van der Waals surface area contributed by atoms with Crippen molar-refractivity contribution in [3.8, 4) is 16.9 Å². The number of ether oxygens (including phenoxy) is 1. The molecule has 0 radical (unpaired) electrons. The molecule has 8 nitrogen and oxygen atoms in total. The van der Waals surface area contributed by atoms with E-state index >= 15 is 0 Å². The molecule has 9 heteroatoms. The van der Waals surface area contributed by atoms with Crippen LogP contribution in [0.3, 0.4) is 0 Å². The smallest absolute Gasteiger partial charge is 0.145 e. The number of aliphatic hydroxyl groups is 1. The molecule has 5 aromatic rings. The van der Waals surface area contributed by atoms with Crippen LogP contribution in [0.15, 0.2) is 66.7 Å². The van der Waals surface area contributed by atoms with E-state index in [2.05, 4.69) is 38.0 Å². The van der Waals surface area contributed by atoms with Crippen LogP contribution in [-0.4, -0.2) is 42.0 Å². The van der Waals surface area contributed by atoms with Crippen LogP contribution in [0.25, 0.3) is 32.2 Å². The number of rotatable bonds is 5. The first-order chi connectivity index (χ1) is 17.5. The SMILES string of the molecule is C=C1CC[C@@H](Oc2cc(-c3cnn(C)c3)cc3ncnc(Nc4ccc5ncsc5c4)c23)CC[C@@H]1O. The van der Waals surface area contributed by atoms with E-state index in [9.17, 15) is 5.11 Å². The third kappa shape index (κ3) is 4.43. The van der Waals surface area contributed by atoms with Crippen LogP contribution in [0.5, 0.6) is 5.75 Å². The van der Waals surface area contributed by atoms with Gasteiger partial charge in [-0.3, -0.25) is 4.68 Å². The van der Waals surface area contributed by atoms with E-state index in [1.807, 2.05) is 49.2 Å². The Bertz CT molecular complexity index is 1580. The third-order valence-corrected chi connectivity index (χ3v) is 7.44. The van der Waals surface area contributed by atoms with Gasteiger partial charge in [0.05, 0.1) is 45.0 Å². The van der Waals surface area contributed by atoms with Crippen LogP contribution in [0.2, 0.25) is 0 Å². The van der Waals surface area contributed by atoms with Crippen LogP contribution in [0.1, 0.15) is 25.7 Å². The zero-order valence-corrected chi connectivity index (χ0v) is 20.7. The highest BCUT2D eigenvalue weighted by Gasteiger charge is 2.23. The van der Waals surface area contributed by atoms with E-state index in [-0.39, 0.29) is 6.10 Å². The zero-order valence-electron chi connectivity index (χ0n) is 19.9. The summed E-state index contributed by atoms with van der Waals surface area (Å²) in [5.74, 6) is 1.38. The van der Waals surface area contributed by atoms with Crippen molar-refractivity contribution in [2.24, 2.45) is 7.05 Å². The molecule has 6 rings (SSSR count). The number of hydrogen-bond donors (Lipinski definition) is 2. The molecule has 2 N–H and O–H groups in total. The molecule has 182 valence electrons. The Kier molecular flexibility index (Phi) is 5.86. The minimum atomic E-state index is -0.473. The summed E-state index contributed by atoms with van der Waals surface area (Å²) in [7, 11) is 1.90. The molecule has 1 aliphatic carbocycles. The second-order valence-corrected chi connectivity index (χ2v) is 10.1. The van der Waals surface area contributed by atoms with Gasteiger partial charge in [0.1, 0.15) is 17.9 Å². The van der Waals surface area contributed by atoms with Crippen molar-refractivity contribution in [2.75, 3.05) is 5.32 Å². The summed E-state index contributed by atoms with van der Waals surface area (Å²) in [6.07, 6.45) is 7.78. The number of aromatic nitrogens is 5. The summed E-state index contributed by atoms with van der Waals surface area (Å²) in [5, 5.41) is 18.9. The first kappa shape index (κ1) is 22.6. The molecular weight excluding hydrogens is 472 g/mol. The van der Waals surface area contributed by atoms with Gasteiger partial charge in [0.15, 0.2) is 0 Å². The van der Waals surface area contributed by atoms with Gasteiger partial charge in [0.25, 0.3) is 0 Å². The fourth-order valence-electron chi connectivity index (χ4n) is 4.65. The highest BCUT2D eigenvalue weighted by molar-refractivity contribution is 7.16. The van der Waals surface area contributed by atoms with Crippen LogP contribution >= 0.6 is 11.3 Å². The third-order valence-electron chi connectivity index (χ3n) is 6.65. The fourth-order valence-corrected chi connectivity index (χ4v) is 5.37. The number of thiazole rings is 1. The molecule has 0 unspecified atom stereocenters. The highest BCUT2D eigenvalue weighted by Crippen LogP contribution is 2.38. The Morgan fingerprint density at radius 1 is 1.08 bits per heavy atom. The van der Waals surface area contributed by atoms with Crippen molar-refractivity contribution in [3.05, 3.63) is 66.7 Å². The molecule has 1 fully saturated rings. The van der Waals surface area contributed by atoms with E-state index < -0.39 is 6.10 Å². The predicted molar refractivity (Wildman–Crippen MR) is 143 cm³/mol. The summed E-state index contributed by atoms with van der Waals surface area (Å²) < 4.78 is 9.52. The second-order valence-electron chi connectivity index (χ2n) is 9.18. The summed E-state index contributed by atoms with van der Waals surface area (Å²) >= 11 is 1.60. The second kappa shape index (κ2) is 9.33. The van der Waals surface area contributed by atoms with E-state index in [0.29, 0.717) is 18.0 Å². The molecule has 0 spiro atoms. The average molecular weight is 499 g/mol. The molecule has 3 heterocycles. The van der Waals surface area contributed by atoms with E-state index in [1.54, 1.807) is 22.3 Å². The molecule has 36 heavy (non-hydrogen) atoms. The Hall–Kier alpha value is -3.82. The number of hydrogen-bond acceptors (Lipinski definition) is 8. The molecule has 0 saturated heterocycles. The molecule has 0 aliphatic heterocycles. The number of benzene rings is 2. The molecule has 1 aliphatic rings. The lowest BCUT2D eigenvalue weighted by molar-refractivity contribution is 0.161. The van der Waals surface area contributed by atoms with Gasteiger partial charge in [-0.1, -0.05) is 6.58 Å². The lowest BCUT2D eigenvalue weighted by atomic mass is 10.1. The van der Waals surface area contributed by atoms with Gasteiger partial charge in [-0.25, -0.2) is 15.0 Å². The van der Waals surface area contributed by atoms with Gasteiger partial charge in [0, 0.05) is 24.5 Å². The highest BCUT2D eigenvalue weighted by atomic mass is 32.1. The maximum Gasteiger partial charge on any atom is 0.145 e. The Balaban J connectivity index is 1.43. The van der Waals surface area contributed by atoms with Crippen LogP contribution in [-0.2, 0) is 7.05 Å². The van der Waals surface area contributed by atoms with Crippen molar-refractivity contribution in [1.29, 1.82) is 0 Å². The van der Waals surface area contributed by atoms with Crippen LogP contribution in [0.4, 0.5) is 11.5 Å². The molecule has 1 saturated carbocycles. The normalized spacial score (nSPS) is 18.4. The first-order valence-electron chi connectivity index (χ1n) is 11.9. The molecule has 0 bridgehead atoms. The largest absolute Gasteiger partial charge is 0.490 e. The van der Waals surface area contributed by atoms with Crippen molar-refractivity contribution in [3.63, 3.8) is 0 Å². The fraction of sp³-hybridized carbons (Fsp3) is 0.259. The number of aryl methyl sites for hydroxylation is 1. The van der Waals surface area contributed by atoms with Crippen molar-refractivity contribution >= 4 is 44.0 Å². The standard InChI is InChI=1S/C27H26N6O2S/c1-16-3-5-20(6-8-23(16)34)35-24-10-17(18-12-31-33(2)13-18)9-22-26(24)27(29-14-28-22)32-19-4-7-21-25(11-19)36-15-30-21/h4,7,9-15,20,23,34H,1,3,5-6,8H2,2H3,(H,28,29,32)/t20-,23+/m1/s1. The van der Waals surface area contributed by atoms with Gasteiger partial charge < -0.3 is 15.2 Å². The topological polar surface area (TPSA) is 98.0 Å². The molecule has 0 amide bonds. The van der Waals surface area contributed by atoms with Gasteiger partial charge >= 0.3 is 0 Å².